The predicted octanol–water partition coefficient (Wildman–Crippen LogP) is 2.71. The lowest BCUT2D eigenvalue weighted by atomic mass is 10.1. The van der Waals surface area contributed by atoms with Gasteiger partial charge in [0.05, 0.1) is 18.9 Å². The van der Waals surface area contributed by atoms with Gasteiger partial charge in [0.1, 0.15) is 5.75 Å². The second-order valence-corrected chi connectivity index (χ2v) is 5.67. The number of ether oxygens (including phenoxy) is 1. The minimum absolute atomic E-state index is 0.212. The lowest BCUT2D eigenvalue weighted by molar-refractivity contribution is 0.196. The summed E-state index contributed by atoms with van der Waals surface area (Å²) in [6.45, 7) is 7.86. The maximum absolute atomic E-state index is 9.45. The molecule has 1 rings (SSSR count). The molecule has 4 heteroatoms. The molecular formula is C13H21NO2S. The molecule has 0 aliphatic carbocycles. The van der Waals surface area contributed by atoms with Gasteiger partial charge in [0, 0.05) is 28.3 Å². The van der Waals surface area contributed by atoms with Crippen molar-refractivity contribution in [2.75, 3.05) is 7.11 Å². The maximum atomic E-state index is 9.45. The Morgan fingerprint density at radius 2 is 2.06 bits per heavy atom. The monoisotopic (exact) mass is 255 g/mol. The van der Waals surface area contributed by atoms with Crippen LogP contribution in [0.1, 0.15) is 30.7 Å². The summed E-state index contributed by atoms with van der Waals surface area (Å²) < 4.78 is 5.37. The molecule has 96 valence electrons. The van der Waals surface area contributed by atoms with Crippen LogP contribution in [0.3, 0.4) is 0 Å². The predicted molar refractivity (Wildman–Crippen MR) is 72.7 cm³/mol. The van der Waals surface area contributed by atoms with Crippen LogP contribution in [0, 0.1) is 13.8 Å². The Hall–Kier alpha value is -0.740. The standard InChI is InChI=1S/C13H21NO2S/c1-8-6-14-12(9(2)13(8)16-5)7-17-11(4)10(3)15/h6,10-11,15H,7H2,1-5H3. The van der Waals surface area contributed by atoms with Gasteiger partial charge in [0.25, 0.3) is 0 Å². The molecule has 0 saturated heterocycles. The van der Waals surface area contributed by atoms with Gasteiger partial charge < -0.3 is 9.84 Å². The van der Waals surface area contributed by atoms with Gasteiger partial charge in [-0.15, -0.1) is 11.8 Å². The van der Waals surface area contributed by atoms with Crippen molar-refractivity contribution in [3.8, 4) is 5.75 Å². The van der Waals surface area contributed by atoms with Crippen LogP contribution in [-0.2, 0) is 5.75 Å². The minimum atomic E-state index is -0.298. The van der Waals surface area contributed by atoms with E-state index in [-0.39, 0.29) is 11.4 Å². The van der Waals surface area contributed by atoms with E-state index in [1.807, 2.05) is 33.9 Å². The highest BCUT2D eigenvalue weighted by Gasteiger charge is 2.13. The lowest BCUT2D eigenvalue weighted by Crippen LogP contribution is -2.15. The molecule has 0 aliphatic heterocycles. The van der Waals surface area contributed by atoms with Crippen molar-refractivity contribution in [1.29, 1.82) is 0 Å². The Bertz CT molecular complexity index is 380. The molecule has 17 heavy (non-hydrogen) atoms. The first kappa shape index (κ1) is 14.3. The molecule has 0 aliphatic rings. The van der Waals surface area contributed by atoms with Crippen molar-refractivity contribution in [2.24, 2.45) is 0 Å². The SMILES string of the molecule is COc1c(C)cnc(CSC(C)C(C)O)c1C. The molecule has 0 fully saturated rings. The number of aromatic nitrogens is 1. The fraction of sp³-hybridized carbons (Fsp3) is 0.615. The normalized spacial score (nSPS) is 14.5. The quantitative estimate of drug-likeness (QED) is 0.878. The molecular weight excluding hydrogens is 234 g/mol. The molecule has 1 aromatic rings. The summed E-state index contributed by atoms with van der Waals surface area (Å²) in [6, 6.07) is 0. The number of methoxy groups -OCH3 is 1. The molecule has 2 unspecified atom stereocenters. The smallest absolute Gasteiger partial charge is 0.128 e. The number of hydrogen-bond donors (Lipinski definition) is 1. The number of thioether (sulfide) groups is 1. The first-order chi connectivity index (χ1) is 7.97. The van der Waals surface area contributed by atoms with E-state index >= 15 is 0 Å². The van der Waals surface area contributed by atoms with Crippen LogP contribution in [0.5, 0.6) is 5.75 Å². The zero-order valence-corrected chi connectivity index (χ0v) is 12.0. The largest absolute Gasteiger partial charge is 0.496 e. The number of pyridine rings is 1. The van der Waals surface area contributed by atoms with Crippen molar-refractivity contribution in [3.63, 3.8) is 0 Å². The van der Waals surface area contributed by atoms with Gasteiger partial charge >= 0.3 is 0 Å². The van der Waals surface area contributed by atoms with Gasteiger partial charge in [-0.05, 0) is 20.8 Å². The maximum Gasteiger partial charge on any atom is 0.128 e. The van der Waals surface area contributed by atoms with Gasteiger partial charge in [-0.25, -0.2) is 0 Å². The first-order valence-corrected chi connectivity index (χ1v) is 6.81. The molecule has 1 heterocycles. The Morgan fingerprint density at radius 1 is 1.41 bits per heavy atom. The van der Waals surface area contributed by atoms with Crippen LogP contribution in [-0.4, -0.2) is 28.6 Å². The van der Waals surface area contributed by atoms with Crippen LogP contribution in [0.15, 0.2) is 6.20 Å². The number of rotatable bonds is 5. The average Bonchev–Trinajstić information content (AvgIpc) is 2.28. The number of aryl methyl sites for hydroxylation is 1. The molecule has 2 atom stereocenters. The highest BCUT2D eigenvalue weighted by Crippen LogP contribution is 2.28. The van der Waals surface area contributed by atoms with E-state index in [1.165, 1.54) is 0 Å². The molecule has 0 amide bonds. The third-order valence-electron chi connectivity index (χ3n) is 2.91. The highest BCUT2D eigenvalue weighted by atomic mass is 32.2. The third kappa shape index (κ3) is 3.61. The van der Waals surface area contributed by atoms with E-state index in [1.54, 1.807) is 18.9 Å². The molecule has 0 bridgehead atoms. The second kappa shape index (κ2) is 6.26. The Kier molecular flexibility index (Phi) is 5.28. The summed E-state index contributed by atoms with van der Waals surface area (Å²) in [4.78, 5) is 4.44. The summed E-state index contributed by atoms with van der Waals surface area (Å²) in [5.41, 5.74) is 3.19. The van der Waals surface area contributed by atoms with E-state index in [0.29, 0.717) is 0 Å². The Balaban J connectivity index is 2.79. The molecule has 0 aromatic carbocycles. The summed E-state index contributed by atoms with van der Waals surface area (Å²) in [7, 11) is 1.69. The van der Waals surface area contributed by atoms with Gasteiger partial charge in [0.2, 0.25) is 0 Å². The van der Waals surface area contributed by atoms with E-state index in [2.05, 4.69) is 4.98 Å². The van der Waals surface area contributed by atoms with Crippen LogP contribution in [0.25, 0.3) is 0 Å². The number of hydrogen-bond acceptors (Lipinski definition) is 4. The highest BCUT2D eigenvalue weighted by molar-refractivity contribution is 7.99. The first-order valence-electron chi connectivity index (χ1n) is 5.76. The van der Waals surface area contributed by atoms with Gasteiger partial charge in [-0.2, -0.15) is 0 Å². The fourth-order valence-electron chi connectivity index (χ4n) is 1.57. The Labute approximate surface area is 108 Å². The number of nitrogens with zero attached hydrogens (tertiary/aromatic N) is 1. The lowest BCUT2D eigenvalue weighted by Gasteiger charge is -2.16. The molecule has 0 saturated carbocycles. The van der Waals surface area contributed by atoms with Crippen LogP contribution in [0.2, 0.25) is 0 Å². The average molecular weight is 255 g/mol. The van der Waals surface area contributed by atoms with Crippen LogP contribution >= 0.6 is 11.8 Å². The zero-order valence-electron chi connectivity index (χ0n) is 11.2. The number of aliphatic hydroxyl groups is 1. The Morgan fingerprint density at radius 3 is 2.59 bits per heavy atom. The molecule has 1 aromatic heterocycles. The van der Waals surface area contributed by atoms with Crippen LogP contribution in [0.4, 0.5) is 0 Å². The summed E-state index contributed by atoms with van der Waals surface area (Å²) in [5, 5.41) is 9.66. The van der Waals surface area contributed by atoms with Crippen molar-refractivity contribution < 1.29 is 9.84 Å². The second-order valence-electron chi connectivity index (χ2n) is 4.30. The van der Waals surface area contributed by atoms with Crippen molar-refractivity contribution in [1.82, 2.24) is 4.98 Å². The van der Waals surface area contributed by atoms with Crippen molar-refractivity contribution in [3.05, 3.63) is 23.0 Å². The van der Waals surface area contributed by atoms with Gasteiger partial charge in [-0.3, -0.25) is 4.98 Å². The van der Waals surface area contributed by atoms with Crippen molar-refractivity contribution >= 4 is 11.8 Å². The zero-order chi connectivity index (χ0) is 13.0. The molecule has 0 radical (unpaired) electrons. The number of aliphatic hydroxyl groups excluding tert-OH is 1. The summed E-state index contributed by atoms with van der Waals surface area (Å²) in [6.07, 6.45) is 1.54. The summed E-state index contributed by atoms with van der Waals surface area (Å²) >= 11 is 1.71. The topological polar surface area (TPSA) is 42.4 Å². The molecule has 1 N–H and O–H groups in total. The van der Waals surface area contributed by atoms with E-state index in [9.17, 15) is 5.11 Å². The fourth-order valence-corrected chi connectivity index (χ4v) is 2.56. The third-order valence-corrected chi connectivity index (χ3v) is 4.27. The molecule has 3 nitrogen and oxygen atoms in total. The van der Waals surface area contributed by atoms with Crippen molar-refractivity contribution in [2.45, 2.75) is 44.8 Å². The van der Waals surface area contributed by atoms with E-state index < -0.39 is 0 Å². The van der Waals surface area contributed by atoms with Gasteiger partial charge in [0.15, 0.2) is 0 Å². The minimum Gasteiger partial charge on any atom is -0.496 e. The van der Waals surface area contributed by atoms with E-state index in [0.717, 1.165) is 28.3 Å². The summed E-state index contributed by atoms with van der Waals surface area (Å²) in [5.74, 6) is 1.72. The van der Waals surface area contributed by atoms with Gasteiger partial charge in [-0.1, -0.05) is 6.92 Å². The van der Waals surface area contributed by atoms with Crippen LogP contribution < -0.4 is 4.74 Å². The molecule has 0 spiro atoms. The van der Waals surface area contributed by atoms with E-state index in [4.69, 9.17) is 4.74 Å².